The van der Waals surface area contributed by atoms with Gasteiger partial charge < -0.3 is 15.0 Å². The van der Waals surface area contributed by atoms with Crippen LogP contribution in [0.25, 0.3) is 0 Å². The first-order valence-corrected chi connectivity index (χ1v) is 6.71. The topological polar surface area (TPSA) is 71.5 Å². The molecule has 1 fully saturated rings. The van der Waals surface area contributed by atoms with Crippen LogP contribution in [0.2, 0.25) is 0 Å². The summed E-state index contributed by atoms with van der Waals surface area (Å²) in [5, 5.41) is 2.87. The van der Waals surface area contributed by atoms with Gasteiger partial charge in [0.15, 0.2) is 0 Å². The van der Waals surface area contributed by atoms with Gasteiger partial charge in [0.05, 0.1) is 25.3 Å². The van der Waals surface area contributed by atoms with E-state index in [1.54, 1.807) is 11.1 Å². The lowest BCUT2D eigenvalue weighted by Gasteiger charge is -2.30. The molecule has 1 unspecified atom stereocenters. The van der Waals surface area contributed by atoms with Gasteiger partial charge in [0.2, 0.25) is 5.91 Å². The summed E-state index contributed by atoms with van der Waals surface area (Å²) in [6.07, 6.45) is 2.94. The highest BCUT2D eigenvalue weighted by Gasteiger charge is 2.28. The molecule has 0 radical (unpaired) electrons. The quantitative estimate of drug-likeness (QED) is 0.900. The maximum absolute atomic E-state index is 12.1. The number of hydrogen-bond donors (Lipinski definition) is 1. The van der Waals surface area contributed by atoms with Crippen LogP contribution in [-0.2, 0) is 16.1 Å². The van der Waals surface area contributed by atoms with Gasteiger partial charge in [-0.15, -0.1) is 0 Å². The maximum atomic E-state index is 12.1. The number of amides is 2. The van der Waals surface area contributed by atoms with E-state index in [1.807, 2.05) is 18.2 Å². The lowest BCUT2D eigenvalue weighted by atomic mass is 9.97. The second-order valence-electron chi connectivity index (χ2n) is 4.79. The molecule has 0 aromatic carbocycles. The molecule has 6 nitrogen and oxygen atoms in total. The van der Waals surface area contributed by atoms with E-state index in [9.17, 15) is 9.59 Å². The van der Waals surface area contributed by atoms with Crippen LogP contribution in [0.1, 0.15) is 18.5 Å². The van der Waals surface area contributed by atoms with Crippen LogP contribution in [0.4, 0.5) is 4.79 Å². The molecular formula is C14H19N3O3. The molecule has 2 rings (SSSR count). The zero-order chi connectivity index (χ0) is 14.4. The normalized spacial score (nSPS) is 18.4. The Hall–Kier alpha value is -2.11. The summed E-state index contributed by atoms with van der Waals surface area (Å²) in [7, 11) is 1.35. The van der Waals surface area contributed by atoms with Crippen LogP contribution in [0.15, 0.2) is 24.4 Å². The van der Waals surface area contributed by atoms with Crippen LogP contribution in [-0.4, -0.2) is 42.1 Å². The zero-order valence-electron chi connectivity index (χ0n) is 11.5. The molecule has 1 atom stereocenters. The van der Waals surface area contributed by atoms with Crippen LogP contribution in [0.5, 0.6) is 0 Å². The molecule has 108 valence electrons. The number of ether oxygens (including phenoxy) is 1. The van der Waals surface area contributed by atoms with Crippen molar-refractivity contribution in [3.8, 4) is 0 Å². The fraction of sp³-hybridized carbons (Fsp3) is 0.500. The Bertz CT molecular complexity index is 464. The molecule has 1 aliphatic heterocycles. The van der Waals surface area contributed by atoms with Gasteiger partial charge in [0.1, 0.15) is 0 Å². The van der Waals surface area contributed by atoms with Gasteiger partial charge in [-0.1, -0.05) is 6.07 Å². The maximum Gasteiger partial charge on any atom is 0.409 e. The highest BCUT2D eigenvalue weighted by atomic mass is 16.5. The Morgan fingerprint density at radius 3 is 3.05 bits per heavy atom. The SMILES string of the molecule is COC(=O)N1CCCC(C(=O)NCc2ccccn2)C1. The number of aromatic nitrogens is 1. The number of carbonyl (C=O) groups is 2. The molecule has 1 aliphatic rings. The Morgan fingerprint density at radius 1 is 1.50 bits per heavy atom. The number of rotatable bonds is 3. The minimum absolute atomic E-state index is 0.0377. The van der Waals surface area contributed by atoms with Gasteiger partial charge in [-0.05, 0) is 25.0 Å². The monoisotopic (exact) mass is 277 g/mol. The van der Waals surface area contributed by atoms with E-state index in [0.717, 1.165) is 18.5 Å². The van der Waals surface area contributed by atoms with E-state index in [-0.39, 0.29) is 17.9 Å². The fourth-order valence-electron chi connectivity index (χ4n) is 2.31. The van der Waals surface area contributed by atoms with E-state index in [1.165, 1.54) is 7.11 Å². The van der Waals surface area contributed by atoms with Crippen LogP contribution < -0.4 is 5.32 Å². The molecule has 2 amide bonds. The molecule has 1 aromatic rings. The first kappa shape index (κ1) is 14.3. The third-order valence-electron chi connectivity index (χ3n) is 3.39. The molecule has 1 saturated heterocycles. The van der Waals surface area contributed by atoms with Gasteiger partial charge in [-0.25, -0.2) is 4.79 Å². The van der Waals surface area contributed by atoms with Crippen molar-refractivity contribution in [2.75, 3.05) is 20.2 Å². The highest BCUT2D eigenvalue weighted by molar-refractivity contribution is 5.79. The van der Waals surface area contributed by atoms with Crippen molar-refractivity contribution in [2.24, 2.45) is 5.92 Å². The van der Waals surface area contributed by atoms with Gasteiger partial charge in [-0.2, -0.15) is 0 Å². The molecule has 0 saturated carbocycles. The summed E-state index contributed by atoms with van der Waals surface area (Å²) in [6.45, 7) is 1.48. The number of likely N-dealkylation sites (tertiary alicyclic amines) is 1. The van der Waals surface area contributed by atoms with Crippen molar-refractivity contribution >= 4 is 12.0 Å². The van der Waals surface area contributed by atoms with Gasteiger partial charge in [0.25, 0.3) is 0 Å². The Labute approximate surface area is 118 Å². The average Bonchev–Trinajstić information content (AvgIpc) is 2.53. The number of hydrogen-bond acceptors (Lipinski definition) is 4. The Balaban J connectivity index is 1.84. The molecule has 2 heterocycles. The van der Waals surface area contributed by atoms with Gasteiger partial charge in [0, 0.05) is 19.3 Å². The molecular weight excluding hydrogens is 258 g/mol. The van der Waals surface area contributed by atoms with Crippen LogP contribution in [0.3, 0.4) is 0 Å². The summed E-state index contributed by atoms with van der Waals surface area (Å²) < 4.78 is 4.69. The van der Waals surface area contributed by atoms with Gasteiger partial charge in [-0.3, -0.25) is 9.78 Å². The third-order valence-corrected chi connectivity index (χ3v) is 3.39. The first-order valence-electron chi connectivity index (χ1n) is 6.71. The van der Waals surface area contributed by atoms with Crippen molar-refractivity contribution in [1.82, 2.24) is 15.2 Å². The number of nitrogens with zero attached hydrogens (tertiary/aromatic N) is 2. The predicted octanol–water partition coefficient (Wildman–Crippen LogP) is 1.18. The van der Waals surface area contributed by atoms with Crippen molar-refractivity contribution < 1.29 is 14.3 Å². The average molecular weight is 277 g/mol. The number of pyridine rings is 1. The molecule has 1 aromatic heterocycles. The second-order valence-corrected chi connectivity index (χ2v) is 4.79. The minimum Gasteiger partial charge on any atom is -0.453 e. The molecule has 0 aliphatic carbocycles. The van der Waals surface area contributed by atoms with Gasteiger partial charge >= 0.3 is 6.09 Å². The number of nitrogens with one attached hydrogen (secondary N) is 1. The smallest absolute Gasteiger partial charge is 0.409 e. The molecule has 1 N–H and O–H groups in total. The van der Waals surface area contributed by atoms with E-state index >= 15 is 0 Å². The summed E-state index contributed by atoms with van der Waals surface area (Å²) in [4.78, 5) is 29.3. The van der Waals surface area contributed by atoms with E-state index in [0.29, 0.717) is 19.6 Å². The number of methoxy groups -OCH3 is 1. The predicted molar refractivity (Wildman–Crippen MR) is 72.8 cm³/mol. The summed E-state index contributed by atoms with van der Waals surface area (Å²) in [5.74, 6) is -0.212. The number of carbonyl (C=O) groups excluding carboxylic acids is 2. The van der Waals surface area contributed by atoms with Crippen molar-refractivity contribution in [1.29, 1.82) is 0 Å². The lowest BCUT2D eigenvalue weighted by Crippen LogP contribution is -2.45. The Morgan fingerprint density at radius 2 is 2.35 bits per heavy atom. The van der Waals surface area contributed by atoms with Crippen LogP contribution >= 0.6 is 0 Å². The summed E-state index contributed by atoms with van der Waals surface area (Å²) in [5.41, 5.74) is 0.821. The van der Waals surface area contributed by atoms with Crippen molar-refractivity contribution in [2.45, 2.75) is 19.4 Å². The summed E-state index contributed by atoms with van der Waals surface area (Å²) in [6, 6.07) is 5.58. The number of piperidine rings is 1. The lowest BCUT2D eigenvalue weighted by molar-refractivity contribution is -0.126. The Kier molecular flexibility index (Phi) is 4.92. The summed E-state index contributed by atoms with van der Waals surface area (Å²) >= 11 is 0. The second kappa shape index (κ2) is 6.88. The third kappa shape index (κ3) is 3.69. The molecule has 6 heteroatoms. The molecule has 0 spiro atoms. The van der Waals surface area contributed by atoms with E-state index in [4.69, 9.17) is 4.74 Å². The van der Waals surface area contributed by atoms with Crippen LogP contribution in [0, 0.1) is 5.92 Å². The minimum atomic E-state index is -0.368. The standard InChI is InChI=1S/C14H19N3O3/c1-20-14(19)17-8-4-5-11(10-17)13(18)16-9-12-6-2-3-7-15-12/h2-3,6-7,11H,4-5,8-10H2,1H3,(H,16,18). The van der Waals surface area contributed by atoms with E-state index < -0.39 is 0 Å². The largest absolute Gasteiger partial charge is 0.453 e. The van der Waals surface area contributed by atoms with Crippen molar-refractivity contribution in [3.63, 3.8) is 0 Å². The van der Waals surface area contributed by atoms with Crippen molar-refractivity contribution in [3.05, 3.63) is 30.1 Å². The first-order chi connectivity index (χ1) is 9.70. The fourth-order valence-corrected chi connectivity index (χ4v) is 2.31. The van der Waals surface area contributed by atoms with E-state index in [2.05, 4.69) is 10.3 Å². The molecule has 20 heavy (non-hydrogen) atoms. The molecule has 0 bridgehead atoms. The highest BCUT2D eigenvalue weighted by Crippen LogP contribution is 2.17. The zero-order valence-corrected chi connectivity index (χ0v) is 11.5.